The molecule has 3 unspecified atom stereocenters. The number of hydrogen-bond acceptors (Lipinski definition) is 3. The third-order valence-electron chi connectivity index (χ3n) is 2.82. The van der Waals surface area contributed by atoms with E-state index >= 15 is 0 Å². The van der Waals surface area contributed by atoms with Crippen LogP contribution in [0.3, 0.4) is 0 Å². The van der Waals surface area contributed by atoms with Crippen LogP contribution in [0.5, 0.6) is 0 Å². The fourth-order valence-corrected chi connectivity index (χ4v) is 3.08. The van der Waals surface area contributed by atoms with E-state index in [0.29, 0.717) is 5.92 Å². The largest absolute Gasteiger partial charge is 0.378 e. The highest BCUT2D eigenvalue weighted by Gasteiger charge is 2.31. The molecule has 1 aromatic heterocycles. The maximum absolute atomic E-state index is 6.18. The predicted molar refractivity (Wildman–Crippen MR) is 59.8 cm³/mol. The average molecular weight is 232 g/mol. The molecule has 0 bridgehead atoms. The molecule has 0 aromatic carbocycles. The molecule has 2 N–H and O–H groups in total. The lowest BCUT2D eigenvalue weighted by Gasteiger charge is -2.20. The van der Waals surface area contributed by atoms with Crippen molar-refractivity contribution in [1.82, 2.24) is 0 Å². The van der Waals surface area contributed by atoms with Crippen molar-refractivity contribution in [3.05, 3.63) is 21.3 Å². The normalized spacial score (nSPS) is 29.4. The van der Waals surface area contributed by atoms with E-state index in [1.165, 1.54) is 0 Å². The molecule has 0 aliphatic carbocycles. The summed E-state index contributed by atoms with van der Waals surface area (Å²) in [5, 5.41) is 0. The summed E-state index contributed by atoms with van der Waals surface area (Å²) in [5.74, 6) is 0.435. The Balaban J connectivity index is 2.11. The van der Waals surface area contributed by atoms with Crippen LogP contribution in [-0.2, 0) is 4.74 Å². The summed E-state index contributed by atoms with van der Waals surface area (Å²) >= 11 is 7.45. The Labute approximate surface area is 93.0 Å². The molecule has 0 radical (unpaired) electrons. The van der Waals surface area contributed by atoms with Gasteiger partial charge in [0, 0.05) is 23.4 Å². The van der Waals surface area contributed by atoms with Gasteiger partial charge in [0.15, 0.2) is 0 Å². The first-order valence-electron chi connectivity index (χ1n) is 4.81. The van der Waals surface area contributed by atoms with Gasteiger partial charge in [-0.1, -0.05) is 11.6 Å². The minimum absolute atomic E-state index is 0.0741. The molecule has 0 spiro atoms. The van der Waals surface area contributed by atoms with Crippen molar-refractivity contribution in [3.8, 4) is 0 Å². The second-order valence-corrected chi connectivity index (χ2v) is 5.44. The van der Waals surface area contributed by atoms with Gasteiger partial charge in [-0.25, -0.2) is 0 Å². The molecule has 14 heavy (non-hydrogen) atoms. The van der Waals surface area contributed by atoms with Gasteiger partial charge in [-0.2, -0.15) is 0 Å². The smallest absolute Gasteiger partial charge is 0.0931 e. The first kappa shape index (κ1) is 10.4. The number of thiophene rings is 1. The van der Waals surface area contributed by atoms with Crippen LogP contribution in [0.25, 0.3) is 0 Å². The third kappa shape index (κ3) is 1.96. The van der Waals surface area contributed by atoms with E-state index < -0.39 is 0 Å². The second kappa shape index (κ2) is 4.19. The van der Waals surface area contributed by atoms with Gasteiger partial charge in [-0.05, 0) is 25.5 Å². The van der Waals surface area contributed by atoms with Gasteiger partial charge < -0.3 is 10.5 Å². The van der Waals surface area contributed by atoms with Crippen LogP contribution in [0, 0.1) is 5.92 Å². The molecular weight excluding hydrogens is 218 g/mol. The topological polar surface area (TPSA) is 35.2 Å². The Kier molecular flexibility index (Phi) is 3.12. The van der Waals surface area contributed by atoms with Crippen LogP contribution in [0.4, 0.5) is 0 Å². The molecule has 1 fully saturated rings. The summed E-state index contributed by atoms with van der Waals surface area (Å²) in [5.41, 5.74) is 6.18. The molecule has 1 aliphatic heterocycles. The van der Waals surface area contributed by atoms with Crippen molar-refractivity contribution in [2.75, 3.05) is 6.61 Å². The number of hydrogen-bond donors (Lipinski definition) is 1. The van der Waals surface area contributed by atoms with Gasteiger partial charge in [0.1, 0.15) is 0 Å². The van der Waals surface area contributed by atoms with E-state index in [-0.39, 0.29) is 12.1 Å². The minimum atomic E-state index is 0.0741. The molecular formula is C10H14ClNOS. The molecule has 0 saturated carbocycles. The number of nitrogens with two attached hydrogens (primary N) is 1. The van der Waals surface area contributed by atoms with E-state index in [2.05, 4.69) is 6.92 Å². The number of rotatable bonds is 2. The molecule has 3 atom stereocenters. The molecule has 1 saturated heterocycles. The maximum atomic E-state index is 6.18. The zero-order valence-corrected chi connectivity index (χ0v) is 9.65. The fraction of sp³-hybridized carbons (Fsp3) is 0.600. The van der Waals surface area contributed by atoms with Crippen LogP contribution in [0.2, 0.25) is 4.34 Å². The third-order valence-corrected chi connectivity index (χ3v) is 4.15. The van der Waals surface area contributed by atoms with Crippen molar-refractivity contribution in [2.45, 2.75) is 25.5 Å². The first-order valence-corrected chi connectivity index (χ1v) is 6.00. The molecule has 0 amide bonds. The predicted octanol–water partition coefficient (Wildman–Crippen LogP) is 2.83. The summed E-state index contributed by atoms with van der Waals surface area (Å²) in [6.07, 6.45) is 1.32. The van der Waals surface area contributed by atoms with Gasteiger partial charge in [0.2, 0.25) is 0 Å². The van der Waals surface area contributed by atoms with E-state index in [4.69, 9.17) is 22.1 Å². The van der Waals surface area contributed by atoms with Crippen molar-refractivity contribution in [3.63, 3.8) is 0 Å². The Hall–Kier alpha value is -0.0900. The van der Waals surface area contributed by atoms with E-state index in [0.717, 1.165) is 22.2 Å². The van der Waals surface area contributed by atoms with Crippen molar-refractivity contribution < 1.29 is 4.74 Å². The lowest BCUT2D eigenvalue weighted by Crippen LogP contribution is -2.25. The van der Waals surface area contributed by atoms with Crippen LogP contribution in [0.1, 0.15) is 24.3 Å². The quantitative estimate of drug-likeness (QED) is 0.850. The molecule has 4 heteroatoms. The Bertz CT molecular complexity index is 315. The van der Waals surface area contributed by atoms with Gasteiger partial charge in [-0.3, -0.25) is 0 Å². The fourth-order valence-electron chi connectivity index (χ4n) is 1.94. The highest BCUT2D eigenvalue weighted by atomic mass is 35.5. The lowest BCUT2D eigenvalue weighted by molar-refractivity contribution is 0.0998. The number of ether oxygens (including phenoxy) is 1. The van der Waals surface area contributed by atoms with Crippen LogP contribution in [-0.4, -0.2) is 12.7 Å². The molecule has 1 aliphatic rings. The van der Waals surface area contributed by atoms with E-state index in [1.807, 2.05) is 12.1 Å². The molecule has 2 heterocycles. The van der Waals surface area contributed by atoms with Crippen molar-refractivity contribution in [2.24, 2.45) is 11.7 Å². The average Bonchev–Trinajstić information content (AvgIpc) is 2.73. The zero-order chi connectivity index (χ0) is 10.1. The van der Waals surface area contributed by atoms with Gasteiger partial charge in [-0.15, -0.1) is 11.3 Å². The zero-order valence-electron chi connectivity index (χ0n) is 8.07. The molecule has 2 nitrogen and oxygen atoms in total. The first-order chi connectivity index (χ1) is 6.68. The highest BCUT2D eigenvalue weighted by Crippen LogP contribution is 2.35. The lowest BCUT2D eigenvalue weighted by atomic mass is 9.93. The molecule has 78 valence electrons. The second-order valence-electron chi connectivity index (χ2n) is 3.70. The Morgan fingerprint density at radius 1 is 1.64 bits per heavy atom. The van der Waals surface area contributed by atoms with E-state index in [9.17, 15) is 0 Å². The summed E-state index contributed by atoms with van der Waals surface area (Å²) < 4.78 is 6.31. The molecule has 2 rings (SSSR count). The van der Waals surface area contributed by atoms with Crippen LogP contribution < -0.4 is 5.73 Å². The van der Waals surface area contributed by atoms with Crippen molar-refractivity contribution >= 4 is 22.9 Å². The summed E-state index contributed by atoms with van der Waals surface area (Å²) in [4.78, 5) is 1.16. The highest BCUT2D eigenvalue weighted by molar-refractivity contribution is 7.16. The minimum Gasteiger partial charge on any atom is -0.378 e. The summed E-state index contributed by atoms with van der Waals surface area (Å²) in [6.45, 7) is 2.92. The monoisotopic (exact) mass is 231 g/mol. The summed E-state index contributed by atoms with van der Waals surface area (Å²) in [7, 11) is 0. The van der Waals surface area contributed by atoms with Crippen molar-refractivity contribution in [1.29, 1.82) is 0 Å². The van der Waals surface area contributed by atoms with Crippen LogP contribution in [0.15, 0.2) is 12.1 Å². The Morgan fingerprint density at radius 2 is 2.43 bits per heavy atom. The standard InChI is InChI=1S/C10H14ClNOS/c1-6-7(4-5-13-6)10(12)8-2-3-9(11)14-8/h2-3,6-7,10H,4-5,12H2,1H3. The molecule has 1 aromatic rings. The van der Waals surface area contributed by atoms with Gasteiger partial charge >= 0.3 is 0 Å². The number of halogens is 1. The summed E-state index contributed by atoms with van der Waals surface area (Å²) in [6, 6.07) is 4.00. The Morgan fingerprint density at radius 3 is 2.93 bits per heavy atom. The van der Waals surface area contributed by atoms with Crippen LogP contribution >= 0.6 is 22.9 Å². The maximum Gasteiger partial charge on any atom is 0.0931 e. The van der Waals surface area contributed by atoms with Gasteiger partial charge in [0.25, 0.3) is 0 Å². The van der Waals surface area contributed by atoms with Gasteiger partial charge in [0.05, 0.1) is 10.4 Å². The SMILES string of the molecule is CC1OCCC1C(N)c1ccc(Cl)s1. The van der Waals surface area contributed by atoms with E-state index in [1.54, 1.807) is 11.3 Å².